The zero-order chi connectivity index (χ0) is 37.6. The zero-order valence-electron chi connectivity index (χ0n) is 31.9. The summed E-state index contributed by atoms with van der Waals surface area (Å²) in [5.41, 5.74) is 4.69. The maximum atomic E-state index is 13.1. The summed E-state index contributed by atoms with van der Waals surface area (Å²) in [6, 6.07) is 14.6. The number of hydrogen-bond donors (Lipinski definition) is 2. The monoisotopic (exact) mass is 734 g/mol. The molecule has 0 bridgehead atoms. The Morgan fingerprint density at radius 2 is 1.67 bits per heavy atom. The number of hydrogen-bond acceptors (Lipinski definition) is 10. The van der Waals surface area contributed by atoms with Crippen LogP contribution in [-0.2, 0) is 9.59 Å². The number of piperazine rings is 1. The van der Waals surface area contributed by atoms with Gasteiger partial charge in [-0.15, -0.1) is 0 Å². The predicted molar refractivity (Wildman–Crippen MR) is 213 cm³/mol. The van der Waals surface area contributed by atoms with Gasteiger partial charge in [-0.3, -0.25) is 14.5 Å². The Balaban J connectivity index is 0.901. The van der Waals surface area contributed by atoms with Gasteiger partial charge in [-0.1, -0.05) is 25.0 Å². The van der Waals surface area contributed by atoms with Crippen LogP contribution in [0.3, 0.4) is 0 Å². The number of carbonyl (C=O) groups excluding carboxylic acids is 3. The van der Waals surface area contributed by atoms with Crippen molar-refractivity contribution in [2.45, 2.75) is 63.3 Å². The molecule has 13 nitrogen and oxygen atoms in total. The molecule has 3 aliphatic rings. The highest BCUT2D eigenvalue weighted by molar-refractivity contribution is 5.98. The lowest BCUT2D eigenvalue weighted by Gasteiger charge is -2.40. The Morgan fingerprint density at radius 3 is 2.35 bits per heavy atom. The minimum Gasteiger partial charge on any atom is -0.370 e. The van der Waals surface area contributed by atoms with Crippen molar-refractivity contribution in [2.24, 2.45) is 5.92 Å². The first kappa shape index (κ1) is 37.3. The Kier molecular flexibility index (Phi) is 11.7. The van der Waals surface area contributed by atoms with Gasteiger partial charge < -0.3 is 34.7 Å². The van der Waals surface area contributed by atoms with Crippen molar-refractivity contribution >= 4 is 52.3 Å². The van der Waals surface area contributed by atoms with Crippen molar-refractivity contribution in [3.8, 4) is 0 Å². The lowest BCUT2D eigenvalue weighted by molar-refractivity contribution is -0.122. The molecule has 1 aliphatic carbocycles. The average Bonchev–Trinajstić information content (AvgIpc) is 3.87. The van der Waals surface area contributed by atoms with Crippen LogP contribution < -0.4 is 20.4 Å². The number of likely N-dealkylation sites (N-methyl/N-ethyl adjacent to an activating group) is 1. The van der Waals surface area contributed by atoms with E-state index in [2.05, 4.69) is 53.1 Å². The fraction of sp³-hybridized carbons (Fsp3) is 0.512. The second-order valence-electron chi connectivity index (χ2n) is 15.3. The van der Waals surface area contributed by atoms with Crippen molar-refractivity contribution in [3.05, 3.63) is 66.1 Å². The number of aromatic nitrogens is 4. The SMILES string of the molecule is CNC(=O)C(CCC=O)c1cccc(N2CCN(CC3CCN(c4ccc(Nc5ncc6cc(C(=O)N(C)C)n(C7CCCC7)c6n5)nc4)CC3)CC2)c1. The molecule has 0 spiro atoms. The van der Waals surface area contributed by atoms with E-state index in [4.69, 9.17) is 9.97 Å². The van der Waals surface area contributed by atoms with Crippen molar-refractivity contribution in [1.82, 2.24) is 34.6 Å². The molecule has 3 aromatic heterocycles. The normalized spacial score (nSPS) is 17.8. The van der Waals surface area contributed by atoms with Gasteiger partial charge in [0.25, 0.3) is 5.91 Å². The summed E-state index contributed by atoms with van der Waals surface area (Å²) in [6.45, 7) is 7.08. The fourth-order valence-corrected chi connectivity index (χ4v) is 8.48. The molecule has 2 amide bonds. The summed E-state index contributed by atoms with van der Waals surface area (Å²) in [7, 11) is 5.22. The van der Waals surface area contributed by atoms with Crippen LogP contribution in [0.15, 0.2) is 54.9 Å². The first-order chi connectivity index (χ1) is 26.3. The highest BCUT2D eigenvalue weighted by Crippen LogP contribution is 2.35. The largest absolute Gasteiger partial charge is 0.370 e. The summed E-state index contributed by atoms with van der Waals surface area (Å²) in [5.74, 6) is 1.45. The molecule has 0 radical (unpaired) electrons. The van der Waals surface area contributed by atoms with Crippen molar-refractivity contribution in [2.75, 3.05) is 82.1 Å². The van der Waals surface area contributed by atoms with E-state index in [1.54, 1.807) is 32.2 Å². The van der Waals surface area contributed by atoms with Gasteiger partial charge in [0, 0.05) is 96.7 Å². The van der Waals surface area contributed by atoms with Gasteiger partial charge >= 0.3 is 0 Å². The molecular formula is C41H54N10O3. The predicted octanol–water partition coefficient (Wildman–Crippen LogP) is 5.23. The number of benzene rings is 1. The minimum absolute atomic E-state index is 0.0176. The highest BCUT2D eigenvalue weighted by Gasteiger charge is 2.28. The Labute approximate surface area is 318 Å². The topological polar surface area (TPSA) is 132 Å². The van der Waals surface area contributed by atoms with Crippen molar-refractivity contribution < 1.29 is 14.4 Å². The second kappa shape index (κ2) is 17.0. The molecule has 1 saturated carbocycles. The molecule has 1 atom stereocenters. The molecule has 1 unspecified atom stereocenters. The van der Waals surface area contributed by atoms with Gasteiger partial charge in [0.15, 0.2) is 0 Å². The van der Waals surface area contributed by atoms with Gasteiger partial charge in [-0.2, -0.15) is 4.98 Å². The fourth-order valence-electron chi connectivity index (χ4n) is 8.48. The maximum absolute atomic E-state index is 13.1. The number of aldehydes is 1. The number of amides is 2. The van der Waals surface area contributed by atoms with Gasteiger partial charge in [0.1, 0.15) is 23.4 Å². The number of nitrogens with zero attached hydrogens (tertiary/aromatic N) is 8. The van der Waals surface area contributed by atoms with Crippen LogP contribution in [0, 0.1) is 5.92 Å². The molecule has 54 heavy (non-hydrogen) atoms. The van der Waals surface area contributed by atoms with E-state index in [0.717, 1.165) is 119 Å². The quantitative estimate of drug-likeness (QED) is 0.176. The third kappa shape index (κ3) is 8.36. The molecule has 2 aliphatic heterocycles. The molecule has 5 heterocycles. The van der Waals surface area contributed by atoms with E-state index in [0.29, 0.717) is 36.2 Å². The summed E-state index contributed by atoms with van der Waals surface area (Å²) < 4.78 is 2.13. The van der Waals surface area contributed by atoms with Gasteiger partial charge in [0.2, 0.25) is 11.9 Å². The molecule has 1 aromatic carbocycles. The van der Waals surface area contributed by atoms with Crippen LogP contribution in [-0.4, -0.2) is 114 Å². The number of pyridine rings is 1. The number of carbonyl (C=O) groups is 3. The first-order valence-corrected chi connectivity index (χ1v) is 19.6. The molecule has 4 aromatic rings. The molecule has 3 fully saturated rings. The summed E-state index contributed by atoms with van der Waals surface area (Å²) in [4.78, 5) is 59.9. The van der Waals surface area contributed by atoms with E-state index in [-0.39, 0.29) is 23.8 Å². The zero-order valence-corrected chi connectivity index (χ0v) is 31.9. The van der Waals surface area contributed by atoms with Crippen LogP contribution in [0.25, 0.3) is 11.0 Å². The van der Waals surface area contributed by atoms with Crippen LogP contribution in [0.5, 0.6) is 0 Å². The molecule has 7 rings (SSSR count). The minimum atomic E-state index is -0.315. The smallest absolute Gasteiger partial charge is 0.270 e. The third-order valence-corrected chi connectivity index (χ3v) is 11.5. The third-order valence-electron chi connectivity index (χ3n) is 11.5. The van der Waals surface area contributed by atoms with Gasteiger partial charge in [-0.05, 0) is 73.9 Å². The summed E-state index contributed by atoms with van der Waals surface area (Å²) in [5, 5.41) is 6.93. The Hall–Kier alpha value is -5.04. The molecule has 13 heteroatoms. The first-order valence-electron chi connectivity index (χ1n) is 19.6. The van der Waals surface area contributed by atoms with Crippen LogP contribution in [0.2, 0.25) is 0 Å². The van der Waals surface area contributed by atoms with E-state index in [1.807, 2.05) is 30.5 Å². The van der Waals surface area contributed by atoms with Crippen molar-refractivity contribution in [1.29, 1.82) is 0 Å². The van der Waals surface area contributed by atoms with E-state index in [9.17, 15) is 14.4 Å². The number of anilines is 4. The summed E-state index contributed by atoms with van der Waals surface area (Å²) >= 11 is 0. The number of nitrogens with one attached hydrogen (secondary N) is 2. The number of fused-ring (bicyclic) bond motifs is 1. The van der Waals surface area contributed by atoms with E-state index < -0.39 is 0 Å². The van der Waals surface area contributed by atoms with Gasteiger partial charge in [0.05, 0.1) is 17.8 Å². The Morgan fingerprint density at radius 1 is 0.907 bits per heavy atom. The average molecular weight is 735 g/mol. The number of rotatable bonds is 13. The van der Waals surface area contributed by atoms with Crippen molar-refractivity contribution in [3.63, 3.8) is 0 Å². The Bertz CT molecular complexity index is 1910. The summed E-state index contributed by atoms with van der Waals surface area (Å²) in [6.07, 6.45) is 12.2. The molecule has 2 saturated heterocycles. The molecule has 286 valence electrons. The van der Waals surface area contributed by atoms with E-state index >= 15 is 0 Å². The highest BCUT2D eigenvalue weighted by atomic mass is 16.2. The van der Waals surface area contributed by atoms with E-state index in [1.165, 1.54) is 0 Å². The van der Waals surface area contributed by atoms with Crippen LogP contribution >= 0.6 is 0 Å². The molecular weight excluding hydrogens is 681 g/mol. The van der Waals surface area contributed by atoms with Crippen LogP contribution in [0.1, 0.15) is 79.4 Å². The standard InChI is InChI=1S/C41H54N10O3/c1-42-39(53)35(12-7-23-52)30-8-6-11-33(24-30)50-21-19-48(20-22-50)28-29-15-17-49(18-16-29)34-13-14-37(43-27-34)45-41-44-26-31-25-36(40(54)47(2)3)51(38(31)46-41)32-9-4-5-10-32/h6,8,11,13-14,23-27,29,32,35H,4-5,7,9-10,12,15-22,28H2,1-3H3,(H,42,53)(H,43,44,45,46). The lowest BCUT2D eigenvalue weighted by atomic mass is 9.93. The van der Waals surface area contributed by atoms with Crippen LogP contribution in [0.4, 0.5) is 23.1 Å². The molecule has 2 N–H and O–H groups in total. The lowest BCUT2D eigenvalue weighted by Crippen LogP contribution is -2.49. The number of piperidine rings is 1. The second-order valence-corrected chi connectivity index (χ2v) is 15.3. The van der Waals surface area contributed by atoms with Gasteiger partial charge in [-0.25, -0.2) is 9.97 Å². The maximum Gasteiger partial charge on any atom is 0.270 e.